The van der Waals surface area contributed by atoms with Crippen molar-refractivity contribution in [3.63, 3.8) is 0 Å². The molecule has 0 saturated carbocycles. The SMILES string of the molecule is CCCNC(CC)COc1ccc(CC)cc1. The summed E-state index contributed by atoms with van der Waals surface area (Å²) in [7, 11) is 0. The third-order valence-electron chi connectivity index (χ3n) is 2.96. The van der Waals surface area contributed by atoms with Crippen molar-refractivity contribution in [3.05, 3.63) is 29.8 Å². The van der Waals surface area contributed by atoms with Crippen LogP contribution in [0.2, 0.25) is 0 Å². The fraction of sp³-hybridized carbons (Fsp3) is 0.600. The second-order valence-corrected chi connectivity index (χ2v) is 4.37. The van der Waals surface area contributed by atoms with Crippen molar-refractivity contribution in [1.29, 1.82) is 0 Å². The van der Waals surface area contributed by atoms with Crippen molar-refractivity contribution in [2.24, 2.45) is 0 Å². The molecule has 0 amide bonds. The highest BCUT2D eigenvalue weighted by Gasteiger charge is 2.05. The Morgan fingerprint density at radius 2 is 1.82 bits per heavy atom. The highest BCUT2D eigenvalue weighted by atomic mass is 16.5. The van der Waals surface area contributed by atoms with Gasteiger partial charge in [0.15, 0.2) is 0 Å². The van der Waals surface area contributed by atoms with Crippen LogP contribution in [0, 0.1) is 0 Å². The van der Waals surface area contributed by atoms with Gasteiger partial charge in [0.1, 0.15) is 12.4 Å². The smallest absolute Gasteiger partial charge is 0.119 e. The van der Waals surface area contributed by atoms with E-state index in [4.69, 9.17) is 4.74 Å². The van der Waals surface area contributed by atoms with Gasteiger partial charge in [0.05, 0.1) is 0 Å². The van der Waals surface area contributed by atoms with E-state index < -0.39 is 0 Å². The van der Waals surface area contributed by atoms with Crippen LogP contribution in [0.15, 0.2) is 24.3 Å². The third kappa shape index (κ3) is 5.22. The average Bonchev–Trinajstić information content (AvgIpc) is 2.39. The van der Waals surface area contributed by atoms with E-state index in [1.807, 2.05) is 0 Å². The molecule has 0 radical (unpaired) electrons. The Kier molecular flexibility index (Phi) is 6.71. The maximum atomic E-state index is 5.79. The number of aryl methyl sites for hydroxylation is 1. The molecule has 0 aliphatic heterocycles. The van der Waals surface area contributed by atoms with Crippen LogP contribution in [0.4, 0.5) is 0 Å². The van der Waals surface area contributed by atoms with Crippen LogP contribution in [0.5, 0.6) is 5.75 Å². The molecule has 0 aromatic heterocycles. The molecule has 0 heterocycles. The van der Waals surface area contributed by atoms with E-state index in [1.165, 1.54) is 12.0 Å². The molecule has 1 unspecified atom stereocenters. The first kappa shape index (κ1) is 14.0. The fourth-order valence-corrected chi connectivity index (χ4v) is 1.69. The number of nitrogens with one attached hydrogen (secondary N) is 1. The predicted molar refractivity (Wildman–Crippen MR) is 73.7 cm³/mol. The Morgan fingerprint density at radius 1 is 1.12 bits per heavy atom. The number of hydrogen-bond acceptors (Lipinski definition) is 2. The zero-order chi connectivity index (χ0) is 12.5. The van der Waals surface area contributed by atoms with Crippen molar-refractivity contribution in [1.82, 2.24) is 5.32 Å². The van der Waals surface area contributed by atoms with E-state index in [0.29, 0.717) is 6.04 Å². The molecule has 17 heavy (non-hydrogen) atoms. The molecule has 0 spiro atoms. The van der Waals surface area contributed by atoms with Crippen LogP contribution in [-0.4, -0.2) is 19.2 Å². The Labute approximate surface area is 105 Å². The number of ether oxygens (including phenoxy) is 1. The summed E-state index contributed by atoms with van der Waals surface area (Å²) < 4.78 is 5.79. The molecule has 0 saturated heterocycles. The molecule has 0 aliphatic rings. The van der Waals surface area contributed by atoms with Crippen molar-refractivity contribution in [2.45, 2.75) is 46.1 Å². The average molecular weight is 235 g/mol. The van der Waals surface area contributed by atoms with Gasteiger partial charge in [-0.15, -0.1) is 0 Å². The van der Waals surface area contributed by atoms with Gasteiger partial charge in [0, 0.05) is 6.04 Å². The van der Waals surface area contributed by atoms with E-state index in [2.05, 4.69) is 50.4 Å². The summed E-state index contributed by atoms with van der Waals surface area (Å²) in [5, 5.41) is 3.49. The quantitative estimate of drug-likeness (QED) is 0.745. The molecule has 0 bridgehead atoms. The number of hydrogen-bond donors (Lipinski definition) is 1. The molecule has 1 N–H and O–H groups in total. The largest absolute Gasteiger partial charge is 0.492 e. The summed E-state index contributed by atoms with van der Waals surface area (Å²) in [6.45, 7) is 8.36. The van der Waals surface area contributed by atoms with Crippen molar-refractivity contribution in [2.75, 3.05) is 13.2 Å². The first-order valence-corrected chi connectivity index (χ1v) is 6.75. The summed E-state index contributed by atoms with van der Waals surface area (Å²) in [5.74, 6) is 0.971. The van der Waals surface area contributed by atoms with Crippen LogP contribution < -0.4 is 10.1 Å². The van der Waals surface area contributed by atoms with Gasteiger partial charge in [0.2, 0.25) is 0 Å². The Hall–Kier alpha value is -1.02. The molecule has 0 aliphatic carbocycles. The normalized spacial score (nSPS) is 12.4. The van der Waals surface area contributed by atoms with Crippen LogP contribution in [0.3, 0.4) is 0 Å². The van der Waals surface area contributed by atoms with Gasteiger partial charge < -0.3 is 10.1 Å². The molecule has 1 aromatic rings. The Bertz CT molecular complexity index is 294. The zero-order valence-corrected chi connectivity index (χ0v) is 11.3. The fourth-order valence-electron chi connectivity index (χ4n) is 1.69. The second-order valence-electron chi connectivity index (χ2n) is 4.37. The minimum atomic E-state index is 0.459. The van der Waals surface area contributed by atoms with Gasteiger partial charge in [0.25, 0.3) is 0 Å². The molecule has 2 heteroatoms. The van der Waals surface area contributed by atoms with Crippen LogP contribution in [-0.2, 0) is 6.42 Å². The molecular weight excluding hydrogens is 210 g/mol. The van der Waals surface area contributed by atoms with Crippen LogP contribution in [0.25, 0.3) is 0 Å². The van der Waals surface area contributed by atoms with Gasteiger partial charge in [-0.3, -0.25) is 0 Å². The third-order valence-corrected chi connectivity index (χ3v) is 2.96. The number of rotatable bonds is 8. The minimum Gasteiger partial charge on any atom is -0.492 e. The molecule has 1 rings (SSSR count). The van der Waals surface area contributed by atoms with Crippen LogP contribution in [0.1, 0.15) is 39.2 Å². The molecule has 96 valence electrons. The van der Waals surface area contributed by atoms with E-state index in [1.54, 1.807) is 0 Å². The summed E-state index contributed by atoms with van der Waals surface area (Å²) in [6.07, 6.45) is 3.35. The Morgan fingerprint density at radius 3 is 2.35 bits per heavy atom. The van der Waals surface area contributed by atoms with E-state index in [9.17, 15) is 0 Å². The molecule has 2 nitrogen and oxygen atoms in total. The highest BCUT2D eigenvalue weighted by molar-refractivity contribution is 5.27. The van der Waals surface area contributed by atoms with Crippen molar-refractivity contribution < 1.29 is 4.74 Å². The molecular formula is C15H25NO. The summed E-state index contributed by atoms with van der Waals surface area (Å²) in [5.41, 5.74) is 1.36. The van der Waals surface area contributed by atoms with Crippen molar-refractivity contribution >= 4 is 0 Å². The van der Waals surface area contributed by atoms with Crippen molar-refractivity contribution in [3.8, 4) is 5.75 Å². The lowest BCUT2D eigenvalue weighted by Gasteiger charge is -2.17. The van der Waals surface area contributed by atoms with E-state index in [0.717, 1.165) is 31.7 Å². The molecule has 0 fully saturated rings. The first-order chi connectivity index (χ1) is 8.30. The predicted octanol–water partition coefficient (Wildman–Crippen LogP) is 3.41. The summed E-state index contributed by atoms with van der Waals surface area (Å²) in [6, 6.07) is 8.85. The monoisotopic (exact) mass is 235 g/mol. The summed E-state index contributed by atoms with van der Waals surface area (Å²) >= 11 is 0. The van der Waals surface area contributed by atoms with Gasteiger partial charge in [-0.25, -0.2) is 0 Å². The summed E-state index contributed by atoms with van der Waals surface area (Å²) in [4.78, 5) is 0. The topological polar surface area (TPSA) is 21.3 Å². The molecule has 1 atom stereocenters. The van der Waals surface area contributed by atoms with Gasteiger partial charge in [-0.2, -0.15) is 0 Å². The standard InChI is InChI=1S/C15H25NO/c1-4-11-16-14(6-3)12-17-15-9-7-13(5-2)8-10-15/h7-10,14,16H,4-6,11-12H2,1-3H3. The van der Waals surface area contributed by atoms with Gasteiger partial charge >= 0.3 is 0 Å². The van der Waals surface area contributed by atoms with E-state index in [-0.39, 0.29) is 0 Å². The van der Waals surface area contributed by atoms with Crippen LogP contribution >= 0.6 is 0 Å². The zero-order valence-electron chi connectivity index (χ0n) is 11.3. The van der Waals surface area contributed by atoms with Gasteiger partial charge in [-0.05, 0) is 43.5 Å². The molecule has 1 aromatic carbocycles. The number of benzene rings is 1. The Balaban J connectivity index is 2.36. The lowest BCUT2D eigenvalue weighted by molar-refractivity contribution is 0.260. The minimum absolute atomic E-state index is 0.459. The highest BCUT2D eigenvalue weighted by Crippen LogP contribution is 2.13. The maximum Gasteiger partial charge on any atom is 0.119 e. The second kappa shape index (κ2) is 8.13. The van der Waals surface area contributed by atoms with Gasteiger partial charge in [-0.1, -0.05) is 32.9 Å². The lowest BCUT2D eigenvalue weighted by Crippen LogP contribution is -2.34. The first-order valence-electron chi connectivity index (χ1n) is 6.75. The van der Waals surface area contributed by atoms with E-state index >= 15 is 0 Å². The lowest BCUT2D eigenvalue weighted by atomic mass is 10.2. The maximum absolute atomic E-state index is 5.79.